The number of benzene rings is 4. The lowest BCUT2D eigenvalue weighted by Gasteiger charge is -2.19. The third-order valence-electron chi connectivity index (χ3n) is 6.18. The summed E-state index contributed by atoms with van der Waals surface area (Å²) >= 11 is 0. The highest BCUT2D eigenvalue weighted by Crippen LogP contribution is 2.22. The van der Waals surface area contributed by atoms with E-state index in [0.717, 1.165) is 39.1 Å². The fourth-order valence-corrected chi connectivity index (χ4v) is 4.23. The van der Waals surface area contributed by atoms with Crippen LogP contribution < -0.4 is 15.4 Å². The van der Waals surface area contributed by atoms with Crippen LogP contribution in [0.3, 0.4) is 0 Å². The Morgan fingerprint density at radius 3 is 2.14 bits per heavy atom. The van der Waals surface area contributed by atoms with Crippen molar-refractivity contribution in [1.82, 2.24) is 15.6 Å². The maximum Gasteiger partial charge on any atom is 0.237 e. The van der Waals surface area contributed by atoms with Gasteiger partial charge in [0.15, 0.2) is 0 Å². The quantitative estimate of drug-likeness (QED) is 0.233. The molecule has 0 aliphatic carbocycles. The number of aromatic amines is 1. The van der Waals surface area contributed by atoms with Crippen LogP contribution in [-0.2, 0) is 24.3 Å². The summed E-state index contributed by atoms with van der Waals surface area (Å²) in [6.45, 7) is 1.06. The van der Waals surface area contributed by atoms with Gasteiger partial charge in [0.2, 0.25) is 5.91 Å². The van der Waals surface area contributed by atoms with Gasteiger partial charge in [-0.25, -0.2) is 0 Å². The molecule has 5 rings (SSSR count). The number of aromatic nitrogens is 1. The van der Waals surface area contributed by atoms with E-state index >= 15 is 0 Å². The van der Waals surface area contributed by atoms with Crippen molar-refractivity contribution in [3.8, 4) is 11.5 Å². The molecule has 0 saturated carbocycles. The summed E-state index contributed by atoms with van der Waals surface area (Å²) in [5.74, 6) is 1.56. The Bertz CT molecular complexity index is 1400. The van der Waals surface area contributed by atoms with Crippen molar-refractivity contribution in [2.45, 2.75) is 25.6 Å². The van der Waals surface area contributed by atoms with Crippen LogP contribution >= 0.6 is 0 Å². The Labute approximate surface area is 211 Å². The lowest BCUT2D eigenvalue weighted by molar-refractivity contribution is -0.123. The van der Waals surface area contributed by atoms with Crippen LogP contribution in [-0.4, -0.2) is 16.9 Å². The molecule has 180 valence electrons. The van der Waals surface area contributed by atoms with E-state index < -0.39 is 0 Å². The van der Waals surface area contributed by atoms with Crippen molar-refractivity contribution in [3.05, 3.63) is 132 Å². The molecule has 1 heterocycles. The normalized spacial score (nSPS) is 11.8. The number of para-hydroxylation sites is 2. The molecule has 0 saturated heterocycles. The zero-order valence-corrected chi connectivity index (χ0v) is 20.0. The molecular weight excluding hydrogens is 446 g/mol. The Hall–Kier alpha value is -4.35. The fraction of sp³-hybridized carbons (Fsp3) is 0.129. The second-order valence-corrected chi connectivity index (χ2v) is 8.76. The average molecular weight is 476 g/mol. The molecule has 1 aromatic heterocycles. The molecule has 4 aromatic carbocycles. The molecule has 36 heavy (non-hydrogen) atoms. The number of amides is 1. The second-order valence-electron chi connectivity index (χ2n) is 8.76. The van der Waals surface area contributed by atoms with Crippen LogP contribution in [0.25, 0.3) is 10.9 Å². The van der Waals surface area contributed by atoms with Crippen molar-refractivity contribution >= 4 is 16.8 Å². The minimum absolute atomic E-state index is 0.0202. The van der Waals surface area contributed by atoms with Crippen LogP contribution in [0.1, 0.15) is 16.7 Å². The van der Waals surface area contributed by atoms with E-state index in [1.807, 2.05) is 103 Å². The molecule has 1 amide bonds. The van der Waals surface area contributed by atoms with Gasteiger partial charge >= 0.3 is 0 Å². The van der Waals surface area contributed by atoms with E-state index in [-0.39, 0.29) is 11.9 Å². The summed E-state index contributed by atoms with van der Waals surface area (Å²) in [6.07, 6.45) is 2.58. The Morgan fingerprint density at radius 2 is 1.36 bits per heavy atom. The number of carbonyl (C=O) groups excluding carboxylic acids is 1. The summed E-state index contributed by atoms with van der Waals surface area (Å²) in [6, 6.07) is 35.4. The SMILES string of the molecule is O=C(NCc1ccccc1)[C@H](Cc1c[nH]c2ccccc12)NCc1ccc(Oc2ccccc2)cc1. The van der Waals surface area contributed by atoms with Gasteiger partial charge in [0.25, 0.3) is 0 Å². The molecule has 0 bridgehead atoms. The fourth-order valence-electron chi connectivity index (χ4n) is 4.23. The van der Waals surface area contributed by atoms with Crippen LogP contribution in [0.2, 0.25) is 0 Å². The lowest BCUT2D eigenvalue weighted by Crippen LogP contribution is -2.45. The maximum absolute atomic E-state index is 13.3. The second kappa shape index (κ2) is 11.4. The zero-order chi connectivity index (χ0) is 24.6. The van der Waals surface area contributed by atoms with Gasteiger partial charge in [-0.1, -0.05) is 78.9 Å². The van der Waals surface area contributed by atoms with Crippen molar-refractivity contribution in [3.63, 3.8) is 0 Å². The smallest absolute Gasteiger partial charge is 0.237 e. The number of H-pyrrole nitrogens is 1. The Kier molecular flexibility index (Phi) is 7.40. The zero-order valence-electron chi connectivity index (χ0n) is 20.0. The van der Waals surface area contributed by atoms with E-state index in [4.69, 9.17) is 4.74 Å². The van der Waals surface area contributed by atoms with Crippen molar-refractivity contribution in [2.75, 3.05) is 0 Å². The van der Waals surface area contributed by atoms with Gasteiger partial charge in [0.1, 0.15) is 11.5 Å². The first kappa shape index (κ1) is 23.4. The summed E-state index contributed by atoms with van der Waals surface area (Å²) in [5.41, 5.74) is 4.34. The van der Waals surface area contributed by atoms with E-state index in [0.29, 0.717) is 19.5 Å². The van der Waals surface area contributed by atoms with Crippen LogP contribution in [0, 0.1) is 0 Å². The molecule has 3 N–H and O–H groups in total. The Balaban J connectivity index is 1.26. The molecule has 0 aliphatic heterocycles. The molecule has 0 unspecified atom stereocenters. The molecular formula is C31H29N3O2. The number of rotatable bonds is 10. The highest BCUT2D eigenvalue weighted by Gasteiger charge is 2.20. The molecule has 0 radical (unpaired) electrons. The van der Waals surface area contributed by atoms with Crippen molar-refractivity contribution < 1.29 is 9.53 Å². The Morgan fingerprint density at radius 1 is 0.722 bits per heavy atom. The third kappa shape index (κ3) is 6.01. The molecule has 5 aromatic rings. The number of hydrogen-bond donors (Lipinski definition) is 3. The van der Waals surface area contributed by atoms with Gasteiger partial charge in [0, 0.05) is 30.2 Å². The number of ether oxygens (including phenoxy) is 1. The van der Waals surface area contributed by atoms with Crippen LogP contribution in [0.15, 0.2) is 115 Å². The molecule has 1 atom stereocenters. The molecule has 5 nitrogen and oxygen atoms in total. The predicted molar refractivity (Wildman–Crippen MR) is 144 cm³/mol. The highest BCUT2D eigenvalue weighted by molar-refractivity contribution is 5.86. The van der Waals surface area contributed by atoms with E-state index in [2.05, 4.69) is 27.8 Å². The lowest BCUT2D eigenvalue weighted by atomic mass is 10.0. The highest BCUT2D eigenvalue weighted by atomic mass is 16.5. The average Bonchev–Trinajstić information content (AvgIpc) is 3.34. The number of hydrogen-bond acceptors (Lipinski definition) is 3. The molecule has 5 heteroatoms. The topological polar surface area (TPSA) is 66.2 Å². The summed E-state index contributed by atoms with van der Waals surface area (Å²) in [4.78, 5) is 16.6. The minimum atomic E-state index is -0.381. The summed E-state index contributed by atoms with van der Waals surface area (Å²) in [7, 11) is 0. The molecule has 0 spiro atoms. The number of carbonyl (C=O) groups is 1. The first-order chi connectivity index (χ1) is 17.7. The van der Waals surface area contributed by atoms with E-state index in [9.17, 15) is 4.79 Å². The summed E-state index contributed by atoms with van der Waals surface area (Å²) < 4.78 is 5.89. The predicted octanol–water partition coefficient (Wildman–Crippen LogP) is 5.98. The van der Waals surface area contributed by atoms with Crippen LogP contribution in [0.4, 0.5) is 0 Å². The summed E-state index contributed by atoms with van der Waals surface area (Å²) in [5, 5.41) is 7.72. The molecule has 0 fully saturated rings. The monoisotopic (exact) mass is 475 g/mol. The maximum atomic E-state index is 13.3. The standard InChI is InChI=1S/C31H29N3O2/c35-31(34-21-23-9-3-1-4-10-23)30(19-25-22-33-29-14-8-7-13-28(25)29)32-20-24-15-17-27(18-16-24)36-26-11-5-2-6-12-26/h1-18,22,30,32-33H,19-21H2,(H,34,35)/t30-/m0/s1. The van der Waals surface area contributed by atoms with Gasteiger partial charge in [-0.05, 0) is 53.4 Å². The molecule has 0 aliphatic rings. The van der Waals surface area contributed by atoms with E-state index in [1.54, 1.807) is 0 Å². The van der Waals surface area contributed by atoms with E-state index in [1.165, 1.54) is 0 Å². The van der Waals surface area contributed by atoms with Gasteiger partial charge in [-0.2, -0.15) is 0 Å². The van der Waals surface area contributed by atoms with Crippen LogP contribution in [0.5, 0.6) is 11.5 Å². The number of nitrogens with one attached hydrogen (secondary N) is 3. The van der Waals surface area contributed by atoms with Crippen molar-refractivity contribution in [1.29, 1.82) is 0 Å². The number of fused-ring (bicyclic) bond motifs is 1. The van der Waals surface area contributed by atoms with Gasteiger partial charge < -0.3 is 20.4 Å². The first-order valence-corrected chi connectivity index (χ1v) is 12.2. The minimum Gasteiger partial charge on any atom is -0.457 e. The van der Waals surface area contributed by atoms with Crippen molar-refractivity contribution in [2.24, 2.45) is 0 Å². The third-order valence-corrected chi connectivity index (χ3v) is 6.18. The first-order valence-electron chi connectivity index (χ1n) is 12.2. The van der Waals surface area contributed by atoms with Gasteiger partial charge in [-0.3, -0.25) is 4.79 Å². The van der Waals surface area contributed by atoms with Gasteiger partial charge in [-0.15, -0.1) is 0 Å². The largest absolute Gasteiger partial charge is 0.457 e. The van der Waals surface area contributed by atoms with Gasteiger partial charge in [0.05, 0.1) is 6.04 Å².